The number of nitrogens with one attached hydrogen (secondary N) is 1. The fourth-order valence-corrected chi connectivity index (χ4v) is 2.66. The predicted molar refractivity (Wildman–Crippen MR) is 123 cm³/mol. The Balaban J connectivity index is 0.00000280. The third-order valence-electron chi connectivity index (χ3n) is 3.83. The van der Waals surface area contributed by atoms with Crippen molar-refractivity contribution < 1.29 is 14.2 Å². The van der Waals surface area contributed by atoms with Crippen LogP contribution in [0.15, 0.2) is 47.5 Å². The molecular formula is C21H28IN3O3. The molecule has 0 spiro atoms. The second-order valence-corrected chi connectivity index (χ2v) is 7.36. The van der Waals surface area contributed by atoms with Crippen molar-refractivity contribution in [3.05, 3.63) is 48.0 Å². The molecule has 6 nitrogen and oxygen atoms in total. The van der Waals surface area contributed by atoms with E-state index < -0.39 is 0 Å². The predicted octanol–water partition coefficient (Wildman–Crippen LogP) is 4.57. The number of para-hydroxylation sites is 1. The largest absolute Gasteiger partial charge is 0.490 e. The van der Waals surface area contributed by atoms with Gasteiger partial charge in [0.2, 0.25) is 0 Å². The molecule has 152 valence electrons. The van der Waals surface area contributed by atoms with Crippen molar-refractivity contribution in [2.75, 3.05) is 18.5 Å². The number of aliphatic imine (C=N–C) groups is 1. The lowest BCUT2D eigenvalue weighted by Gasteiger charge is -2.23. The normalized spacial score (nSPS) is 13.9. The number of rotatable bonds is 4. The number of anilines is 1. The maximum absolute atomic E-state index is 6.06. The number of ether oxygens (including phenoxy) is 3. The fraction of sp³-hybridized carbons (Fsp3) is 0.381. The first-order valence-corrected chi connectivity index (χ1v) is 9.14. The van der Waals surface area contributed by atoms with Gasteiger partial charge < -0.3 is 25.3 Å². The van der Waals surface area contributed by atoms with E-state index in [-0.39, 0.29) is 29.6 Å². The first kappa shape index (κ1) is 22.1. The molecule has 0 aromatic heterocycles. The molecule has 3 N–H and O–H groups in total. The highest BCUT2D eigenvalue weighted by Crippen LogP contribution is 2.32. The topological polar surface area (TPSA) is 78.1 Å². The van der Waals surface area contributed by atoms with E-state index in [1.54, 1.807) is 0 Å². The SMILES string of the molecule is CC(C)(C)Oc1ccccc1CN=C(N)Nc1ccc2c(c1)OCCCO2.I. The molecule has 0 bridgehead atoms. The first-order chi connectivity index (χ1) is 12.9. The van der Waals surface area contributed by atoms with Crippen molar-refractivity contribution in [2.24, 2.45) is 10.7 Å². The molecule has 0 radical (unpaired) electrons. The molecule has 2 aromatic rings. The van der Waals surface area contributed by atoms with Gasteiger partial charge in [-0.2, -0.15) is 0 Å². The maximum Gasteiger partial charge on any atom is 0.193 e. The summed E-state index contributed by atoms with van der Waals surface area (Å²) in [5.74, 6) is 2.61. The lowest BCUT2D eigenvalue weighted by molar-refractivity contribution is 0.129. The second-order valence-electron chi connectivity index (χ2n) is 7.36. The average molecular weight is 497 g/mol. The van der Waals surface area contributed by atoms with Gasteiger partial charge in [0.1, 0.15) is 11.4 Å². The number of halogens is 1. The van der Waals surface area contributed by atoms with E-state index in [4.69, 9.17) is 19.9 Å². The number of hydrogen-bond acceptors (Lipinski definition) is 4. The molecule has 0 saturated carbocycles. The van der Waals surface area contributed by atoms with Gasteiger partial charge in [-0.15, -0.1) is 24.0 Å². The number of benzene rings is 2. The summed E-state index contributed by atoms with van der Waals surface area (Å²) in [6, 6.07) is 13.5. The highest BCUT2D eigenvalue weighted by atomic mass is 127. The van der Waals surface area contributed by atoms with Crippen LogP contribution in [-0.4, -0.2) is 24.8 Å². The third kappa shape index (κ3) is 6.47. The van der Waals surface area contributed by atoms with Crippen LogP contribution in [0.3, 0.4) is 0 Å². The summed E-state index contributed by atoms with van der Waals surface area (Å²) in [5.41, 5.74) is 7.58. The van der Waals surface area contributed by atoms with E-state index in [9.17, 15) is 0 Å². The van der Waals surface area contributed by atoms with Gasteiger partial charge in [0.05, 0.1) is 19.8 Å². The molecule has 0 fully saturated rings. The van der Waals surface area contributed by atoms with Crippen molar-refractivity contribution in [1.82, 2.24) is 0 Å². The highest BCUT2D eigenvalue weighted by molar-refractivity contribution is 14.0. The molecule has 0 aliphatic carbocycles. The number of nitrogens with two attached hydrogens (primary N) is 1. The Morgan fingerprint density at radius 1 is 1.11 bits per heavy atom. The second kappa shape index (κ2) is 9.86. The summed E-state index contributed by atoms with van der Waals surface area (Å²) >= 11 is 0. The molecule has 2 aromatic carbocycles. The zero-order valence-corrected chi connectivity index (χ0v) is 18.9. The van der Waals surface area contributed by atoms with Gasteiger partial charge in [-0.25, -0.2) is 4.99 Å². The Kier molecular flexibility index (Phi) is 7.79. The molecule has 28 heavy (non-hydrogen) atoms. The first-order valence-electron chi connectivity index (χ1n) is 9.14. The minimum absolute atomic E-state index is 0. The quantitative estimate of drug-likeness (QED) is 0.368. The van der Waals surface area contributed by atoms with Crippen molar-refractivity contribution in [1.29, 1.82) is 0 Å². The van der Waals surface area contributed by atoms with E-state index in [0.29, 0.717) is 31.5 Å². The van der Waals surface area contributed by atoms with Crippen LogP contribution in [0.5, 0.6) is 17.2 Å². The van der Waals surface area contributed by atoms with Gasteiger partial charge in [0.15, 0.2) is 17.5 Å². The molecular weight excluding hydrogens is 469 g/mol. The monoisotopic (exact) mass is 497 g/mol. The van der Waals surface area contributed by atoms with E-state index >= 15 is 0 Å². The molecule has 0 atom stereocenters. The Morgan fingerprint density at radius 3 is 2.57 bits per heavy atom. The van der Waals surface area contributed by atoms with Crippen LogP contribution in [-0.2, 0) is 6.54 Å². The Labute approximate surface area is 183 Å². The minimum Gasteiger partial charge on any atom is -0.490 e. The third-order valence-corrected chi connectivity index (χ3v) is 3.83. The summed E-state index contributed by atoms with van der Waals surface area (Å²) in [7, 11) is 0. The molecule has 0 amide bonds. The van der Waals surface area contributed by atoms with Gasteiger partial charge in [-0.1, -0.05) is 18.2 Å². The lowest BCUT2D eigenvalue weighted by Crippen LogP contribution is -2.24. The van der Waals surface area contributed by atoms with Crippen molar-refractivity contribution >= 4 is 35.6 Å². The molecule has 0 unspecified atom stereocenters. The number of guanidine groups is 1. The molecule has 1 aliphatic rings. The number of nitrogens with zero attached hydrogens (tertiary/aromatic N) is 1. The van der Waals surface area contributed by atoms with Gasteiger partial charge in [0, 0.05) is 23.7 Å². The zero-order chi connectivity index (χ0) is 19.3. The van der Waals surface area contributed by atoms with Crippen LogP contribution in [0.4, 0.5) is 5.69 Å². The van der Waals surface area contributed by atoms with Crippen molar-refractivity contribution in [3.63, 3.8) is 0 Å². The van der Waals surface area contributed by atoms with Crippen LogP contribution < -0.4 is 25.3 Å². The molecule has 7 heteroatoms. The van der Waals surface area contributed by atoms with Gasteiger partial charge in [-0.05, 0) is 39.0 Å². The Morgan fingerprint density at radius 2 is 1.82 bits per heavy atom. The summed E-state index contributed by atoms with van der Waals surface area (Å²) in [5, 5.41) is 3.10. The van der Waals surface area contributed by atoms with Gasteiger partial charge in [-0.3, -0.25) is 0 Å². The van der Waals surface area contributed by atoms with Crippen LogP contribution >= 0.6 is 24.0 Å². The van der Waals surface area contributed by atoms with Crippen LogP contribution in [0, 0.1) is 0 Å². The van der Waals surface area contributed by atoms with Crippen molar-refractivity contribution in [2.45, 2.75) is 39.3 Å². The molecule has 1 aliphatic heterocycles. The van der Waals surface area contributed by atoms with E-state index in [2.05, 4.69) is 10.3 Å². The summed E-state index contributed by atoms with van der Waals surface area (Å²) in [6.45, 7) is 7.80. The molecule has 0 saturated heterocycles. The zero-order valence-electron chi connectivity index (χ0n) is 16.5. The summed E-state index contributed by atoms with van der Waals surface area (Å²) in [6.07, 6.45) is 0.872. The molecule has 1 heterocycles. The van der Waals surface area contributed by atoms with Gasteiger partial charge >= 0.3 is 0 Å². The minimum atomic E-state index is -0.270. The highest BCUT2D eigenvalue weighted by Gasteiger charge is 2.14. The smallest absolute Gasteiger partial charge is 0.193 e. The van der Waals surface area contributed by atoms with E-state index in [0.717, 1.165) is 29.2 Å². The van der Waals surface area contributed by atoms with Crippen LogP contribution in [0.2, 0.25) is 0 Å². The summed E-state index contributed by atoms with van der Waals surface area (Å²) < 4.78 is 17.3. The Hall–Kier alpha value is -2.16. The summed E-state index contributed by atoms with van der Waals surface area (Å²) in [4.78, 5) is 4.44. The van der Waals surface area contributed by atoms with E-state index in [1.807, 2.05) is 63.2 Å². The van der Waals surface area contributed by atoms with E-state index in [1.165, 1.54) is 0 Å². The maximum atomic E-state index is 6.06. The lowest BCUT2D eigenvalue weighted by atomic mass is 10.1. The molecule has 3 rings (SSSR count). The van der Waals surface area contributed by atoms with Crippen molar-refractivity contribution in [3.8, 4) is 17.2 Å². The number of hydrogen-bond donors (Lipinski definition) is 2. The van der Waals surface area contributed by atoms with Gasteiger partial charge in [0.25, 0.3) is 0 Å². The number of fused-ring (bicyclic) bond motifs is 1. The average Bonchev–Trinajstić information content (AvgIpc) is 2.84. The Bertz CT molecular complexity index is 819. The van der Waals surface area contributed by atoms with Crippen LogP contribution in [0.1, 0.15) is 32.8 Å². The standard InChI is InChI=1S/C21H27N3O3.HI/c1-21(2,3)27-17-8-5-4-7-15(17)14-23-20(22)24-16-9-10-18-19(13-16)26-12-6-11-25-18;/h4-5,7-10,13H,6,11-12,14H2,1-3H3,(H3,22,23,24);1H. The van der Waals surface area contributed by atoms with Crippen LogP contribution in [0.25, 0.3) is 0 Å². The fourth-order valence-electron chi connectivity index (χ4n) is 2.66.